The third-order valence-corrected chi connectivity index (χ3v) is 7.74. The third-order valence-electron chi connectivity index (χ3n) is 4.89. The molecule has 2 aromatic rings. The summed E-state index contributed by atoms with van der Waals surface area (Å²) in [7, 11) is -7.67. The summed E-state index contributed by atoms with van der Waals surface area (Å²) in [4.78, 5) is 12.5. The molecular formula is C19H22FN3O5S2. The van der Waals surface area contributed by atoms with Crippen LogP contribution in [0, 0.1) is 5.82 Å². The zero-order valence-electron chi connectivity index (χ0n) is 16.0. The Morgan fingerprint density at radius 1 is 1.03 bits per heavy atom. The maximum Gasteiger partial charge on any atom is 0.243 e. The summed E-state index contributed by atoms with van der Waals surface area (Å²) in [5.41, 5.74) is 0.796. The monoisotopic (exact) mass is 455 g/mol. The van der Waals surface area contributed by atoms with Gasteiger partial charge in [-0.05, 0) is 61.2 Å². The Labute approximate surface area is 175 Å². The molecule has 11 heteroatoms. The Bertz CT molecular complexity index is 1120. The minimum atomic E-state index is -3.91. The molecule has 0 unspecified atom stereocenters. The molecular weight excluding hydrogens is 433 g/mol. The molecule has 162 valence electrons. The second kappa shape index (κ2) is 8.80. The summed E-state index contributed by atoms with van der Waals surface area (Å²) >= 11 is 0. The van der Waals surface area contributed by atoms with Gasteiger partial charge in [0.25, 0.3) is 0 Å². The zero-order chi connectivity index (χ0) is 21.9. The number of benzene rings is 2. The highest BCUT2D eigenvalue weighted by atomic mass is 32.2. The van der Waals surface area contributed by atoms with Crippen molar-refractivity contribution in [2.24, 2.45) is 5.14 Å². The van der Waals surface area contributed by atoms with Gasteiger partial charge in [0, 0.05) is 13.1 Å². The normalized spacial score (nSPS) is 17.7. The molecule has 1 aliphatic rings. The molecule has 0 radical (unpaired) electrons. The van der Waals surface area contributed by atoms with Crippen LogP contribution in [0.25, 0.3) is 0 Å². The molecule has 1 saturated heterocycles. The average Bonchev–Trinajstić information content (AvgIpc) is 3.19. The van der Waals surface area contributed by atoms with E-state index in [1.165, 1.54) is 24.3 Å². The fourth-order valence-electron chi connectivity index (χ4n) is 3.33. The summed E-state index contributed by atoms with van der Waals surface area (Å²) in [6.07, 6.45) is 1.39. The predicted molar refractivity (Wildman–Crippen MR) is 108 cm³/mol. The molecule has 3 rings (SSSR count). The van der Waals surface area contributed by atoms with E-state index in [2.05, 4.69) is 5.32 Å². The van der Waals surface area contributed by atoms with Gasteiger partial charge in [-0.25, -0.2) is 26.4 Å². The van der Waals surface area contributed by atoms with Crippen LogP contribution in [0.1, 0.15) is 18.4 Å². The highest BCUT2D eigenvalue weighted by molar-refractivity contribution is 7.89. The van der Waals surface area contributed by atoms with E-state index in [0.717, 1.165) is 22.0 Å². The van der Waals surface area contributed by atoms with E-state index >= 15 is 0 Å². The van der Waals surface area contributed by atoms with Gasteiger partial charge in [0.15, 0.2) is 0 Å². The quantitative estimate of drug-likeness (QED) is 0.644. The van der Waals surface area contributed by atoms with Crippen LogP contribution in [-0.4, -0.2) is 46.2 Å². The largest absolute Gasteiger partial charge is 0.354 e. The van der Waals surface area contributed by atoms with Crippen LogP contribution < -0.4 is 10.5 Å². The molecule has 0 aromatic heterocycles. The number of amides is 1. The van der Waals surface area contributed by atoms with Gasteiger partial charge in [0.2, 0.25) is 26.0 Å². The third kappa shape index (κ3) is 5.04. The smallest absolute Gasteiger partial charge is 0.243 e. The topological polar surface area (TPSA) is 127 Å². The van der Waals surface area contributed by atoms with E-state index in [1.54, 1.807) is 12.1 Å². The fraction of sp³-hybridized carbons (Fsp3) is 0.316. The van der Waals surface area contributed by atoms with Crippen molar-refractivity contribution in [3.05, 3.63) is 59.9 Å². The molecule has 1 fully saturated rings. The minimum Gasteiger partial charge on any atom is -0.354 e. The summed E-state index contributed by atoms with van der Waals surface area (Å²) in [6.45, 7) is 0.474. The van der Waals surface area contributed by atoms with Crippen LogP contribution >= 0.6 is 0 Å². The van der Waals surface area contributed by atoms with Crippen molar-refractivity contribution >= 4 is 26.0 Å². The molecule has 3 N–H and O–H groups in total. The van der Waals surface area contributed by atoms with Crippen LogP contribution in [0.3, 0.4) is 0 Å². The van der Waals surface area contributed by atoms with Crippen molar-refractivity contribution in [3.8, 4) is 0 Å². The van der Waals surface area contributed by atoms with E-state index in [4.69, 9.17) is 5.14 Å². The Kier molecular flexibility index (Phi) is 6.56. The molecule has 0 saturated carbocycles. The van der Waals surface area contributed by atoms with Gasteiger partial charge in [-0.15, -0.1) is 0 Å². The number of hydrogen-bond donors (Lipinski definition) is 2. The summed E-state index contributed by atoms with van der Waals surface area (Å²) in [6, 6.07) is 9.66. The molecule has 1 aliphatic heterocycles. The van der Waals surface area contributed by atoms with Crippen LogP contribution in [0.15, 0.2) is 58.3 Å². The molecule has 1 heterocycles. The summed E-state index contributed by atoms with van der Waals surface area (Å²) in [5, 5.41) is 7.79. The zero-order valence-corrected chi connectivity index (χ0v) is 17.6. The van der Waals surface area contributed by atoms with Crippen molar-refractivity contribution < 1.29 is 26.0 Å². The molecule has 30 heavy (non-hydrogen) atoms. The number of carbonyl (C=O) groups is 1. The minimum absolute atomic E-state index is 0.00267. The van der Waals surface area contributed by atoms with Crippen LogP contribution in [-0.2, 0) is 31.3 Å². The number of rotatable bonds is 7. The van der Waals surface area contributed by atoms with Crippen molar-refractivity contribution in [2.75, 3.05) is 13.1 Å². The fourth-order valence-corrected chi connectivity index (χ4v) is 5.50. The summed E-state index contributed by atoms with van der Waals surface area (Å²) in [5.74, 6) is -0.943. The lowest BCUT2D eigenvalue weighted by atomic mass is 10.1. The van der Waals surface area contributed by atoms with Gasteiger partial charge in [-0.2, -0.15) is 4.31 Å². The standard InChI is InChI=1S/C19H22FN3O5S2/c20-15-5-9-17(10-6-15)30(27,28)23-13-1-2-18(23)19(24)22-12-11-14-3-7-16(8-4-14)29(21,25)26/h3-10,18H,1-2,11-13H2,(H,22,24)(H2,21,25,26)/t18-/m0/s1. The lowest BCUT2D eigenvalue weighted by molar-refractivity contribution is -0.124. The van der Waals surface area contributed by atoms with Gasteiger partial charge in [0.05, 0.1) is 9.79 Å². The number of carbonyl (C=O) groups excluding carboxylic acids is 1. The first-order valence-electron chi connectivity index (χ1n) is 9.26. The molecule has 0 bridgehead atoms. The van der Waals surface area contributed by atoms with E-state index in [9.17, 15) is 26.0 Å². The lowest BCUT2D eigenvalue weighted by Gasteiger charge is -2.23. The van der Waals surface area contributed by atoms with Gasteiger partial charge in [0.1, 0.15) is 11.9 Å². The Morgan fingerprint density at radius 3 is 2.23 bits per heavy atom. The number of nitrogens with zero attached hydrogens (tertiary/aromatic N) is 1. The Balaban J connectivity index is 1.61. The molecule has 8 nitrogen and oxygen atoms in total. The van der Waals surface area contributed by atoms with Crippen LogP contribution in [0.2, 0.25) is 0 Å². The molecule has 0 spiro atoms. The first-order valence-corrected chi connectivity index (χ1v) is 12.2. The van der Waals surface area contributed by atoms with E-state index in [0.29, 0.717) is 19.3 Å². The van der Waals surface area contributed by atoms with Gasteiger partial charge in [-0.1, -0.05) is 12.1 Å². The van der Waals surface area contributed by atoms with Gasteiger partial charge >= 0.3 is 0 Å². The number of primary sulfonamides is 1. The molecule has 2 aromatic carbocycles. The molecule has 1 atom stereocenters. The van der Waals surface area contributed by atoms with Crippen molar-refractivity contribution in [3.63, 3.8) is 0 Å². The average molecular weight is 456 g/mol. The highest BCUT2D eigenvalue weighted by Crippen LogP contribution is 2.26. The first-order chi connectivity index (χ1) is 14.1. The number of nitrogens with two attached hydrogens (primary N) is 1. The number of halogens is 1. The SMILES string of the molecule is NS(=O)(=O)c1ccc(CCNC(=O)[C@@H]2CCCN2S(=O)(=O)c2ccc(F)cc2)cc1. The van der Waals surface area contributed by atoms with E-state index < -0.39 is 37.8 Å². The Morgan fingerprint density at radius 2 is 1.63 bits per heavy atom. The molecule has 1 amide bonds. The maximum atomic E-state index is 13.1. The second-order valence-corrected chi connectivity index (χ2v) is 10.4. The van der Waals surface area contributed by atoms with E-state index in [-0.39, 0.29) is 22.9 Å². The predicted octanol–water partition coefficient (Wildman–Crippen LogP) is 0.985. The summed E-state index contributed by atoms with van der Waals surface area (Å²) < 4.78 is 62.5. The van der Waals surface area contributed by atoms with Crippen LogP contribution in [0.4, 0.5) is 4.39 Å². The van der Waals surface area contributed by atoms with Gasteiger partial charge < -0.3 is 5.32 Å². The first kappa shape index (κ1) is 22.3. The van der Waals surface area contributed by atoms with Crippen molar-refractivity contribution in [2.45, 2.75) is 35.1 Å². The van der Waals surface area contributed by atoms with Crippen LogP contribution in [0.5, 0.6) is 0 Å². The molecule has 0 aliphatic carbocycles. The Hall–Kier alpha value is -2.34. The highest BCUT2D eigenvalue weighted by Gasteiger charge is 2.39. The lowest BCUT2D eigenvalue weighted by Crippen LogP contribution is -2.46. The van der Waals surface area contributed by atoms with E-state index in [1.807, 2.05) is 0 Å². The maximum absolute atomic E-state index is 13.1. The second-order valence-electron chi connectivity index (χ2n) is 6.96. The number of nitrogens with one attached hydrogen (secondary N) is 1. The number of sulfonamides is 2. The van der Waals surface area contributed by atoms with Crippen molar-refractivity contribution in [1.29, 1.82) is 0 Å². The van der Waals surface area contributed by atoms with Crippen molar-refractivity contribution in [1.82, 2.24) is 9.62 Å². The van der Waals surface area contributed by atoms with Gasteiger partial charge in [-0.3, -0.25) is 4.79 Å². The number of hydrogen-bond acceptors (Lipinski definition) is 5.